The Morgan fingerprint density at radius 1 is 1.47 bits per heavy atom. The van der Waals surface area contributed by atoms with Gasteiger partial charge >= 0.3 is 0 Å². The van der Waals surface area contributed by atoms with Crippen molar-refractivity contribution in [2.24, 2.45) is 0 Å². The van der Waals surface area contributed by atoms with Crippen LogP contribution in [0, 0.1) is 0 Å². The van der Waals surface area contributed by atoms with E-state index in [1.807, 2.05) is 18.3 Å². The molecule has 1 aromatic rings. The molecule has 1 fully saturated rings. The SMILES string of the molecule is CCCN(C(=O)c1cccn1CCC)C1CCNC1. The second-order valence-corrected chi connectivity index (χ2v) is 5.23. The van der Waals surface area contributed by atoms with Crippen molar-refractivity contribution in [2.75, 3.05) is 19.6 Å². The Morgan fingerprint density at radius 2 is 2.32 bits per heavy atom. The highest BCUT2D eigenvalue weighted by atomic mass is 16.2. The lowest BCUT2D eigenvalue weighted by atomic mass is 10.2. The second-order valence-electron chi connectivity index (χ2n) is 5.23. The van der Waals surface area contributed by atoms with E-state index in [0.717, 1.165) is 51.1 Å². The van der Waals surface area contributed by atoms with Crippen LogP contribution in [-0.4, -0.2) is 41.1 Å². The van der Waals surface area contributed by atoms with Crippen molar-refractivity contribution in [1.82, 2.24) is 14.8 Å². The van der Waals surface area contributed by atoms with Gasteiger partial charge in [0, 0.05) is 31.9 Å². The van der Waals surface area contributed by atoms with Gasteiger partial charge in [-0.05, 0) is 37.9 Å². The summed E-state index contributed by atoms with van der Waals surface area (Å²) in [6.45, 7) is 7.99. The maximum Gasteiger partial charge on any atom is 0.270 e. The van der Waals surface area contributed by atoms with Gasteiger partial charge in [0.15, 0.2) is 0 Å². The molecule has 0 saturated carbocycles. The molecule has 0 radical (unpaired) electrons. The smallest absolute Gasteiger partial charge is 0.270 e. The Kier molecular flexibility index (Phi) is 5.02. The minimum atomic E-state index is 0.189. The van der Waals surface area contributed by atoms with Gasteiger partial charge in [0.1, 0.15) is 5.69 Å². The molecular weight excluding hydrogens is 238 g/mol. The molecule has 0 aliphatic carbocycles. The van der Waals surface area contributed by atoms with E-state index < -0.39 is 0 Å². The molecule has 1 saturated heterocycles. The van der Waals surface area contributed by atoms with Crippen LogP contribution in [0.15, 0.2) is 18.3 Å². The summed E-state index contributed by atoms with van der Waals surface area (Å²) in [6.07, 6.45) is 5.14. The first-order valence-corrected chi connectivity index (χ1v) is 7.44. The summed E-state index contributed by atoms with van der Waals surface area (Å²) in [5, 5.41) is 3.35. The van der Waals surface area contributed by atoms with Gasteiger partial charge in [-0.3, -0.25) is 4.79 Å². The van der Waals surface area contributed by atoms with Gasteiger partial charge < -0.3 is 14.8 Å². The Balaban J connectivity index is 2.15. The van der Waals surface area contributed by atoms with Gasteiger partial charge in [0.2, 0.25) is 0 Å². The summed E-state index contributed by atoms with van der Waals surface area (Å²) in [7, 11) is 0. The highest BCUT2D eigenvalue weighted by Crippen LogP contribution is 2.15. The normalized spacial score (nSPS) is 18.7. The zero-order valence-corrected chi connectivity index (χ0v) is 12.1. The van der Waals surface area contributed by atoms with Crippen molar-refractivity contribution in [1.29, 1.82) is 0 Å². The number of nitrogens with zero attached hydrogens (tertiary/aromatic N) is 2. The minimum absolute atomic E-state index is 0.189. The standard InChI is InChI=1S/C15H25N3O/c1-3-9-17-11-5-6-14(17)15(19)18(10-4-2)13-7-8-16-12-13/h5-6,11,13,16H,3-4,7-10,12H2,1-2H3. The molecule has 19 heavy (non-hydrogen) atoms. The third-order valence-corrected chi connectivity index (χ3v) is 3.71. The molecule has 2 rings (SSSR count). The number of aryl methyl sites for hydroxylation is 1. The molecule has 1 aromatic heterocycles. The first-order chi connectivity index (χ1) is 9.27. The van der Waals surface area contributed by atoms with Crippen molar-refractivity contribution in [3.05, 3.63) is 24.0 Å². The number of carbonyl (C=O) groups is 1. The Morgan fingerprint density at radius 3 is 2.95 bits per heavy atom. The summed E-state index contributed by atoms with van der Waals surface area (Å²) in [4.78, 5) is 14.8. The monoisotopic (exact) mass is 263 g/mol. The fourth-order valence-electron chi connectivity index (χ4n) is 2.79. The van der Waals surface area contributed by atoms with Crippen LogP contribution in [0.4, 0.5) is 0 Å². The van der Waals surface area contributed by atoms with Gasteiger partial charge in [-0.2, -0.15) is 0 Å². The number of amides is 1. The van der Waals surface area contributed by atoms with E-state index in [1.54, 1.807) is 0 Å². The molecule has 1 amide bonds. The fraction of sp³-hybridized carbons (Fsp3) is 0.667. The van der Waals surface area contributed by atoms with Crippen LogP contribution in [0.1, 0.15) is 43.6 Å². The minimum Gasteiger partial charge on any atom is -0.344 e. The predicted octanol–water partition coefficient (Wildman–Crippen LogP) is 2.11. The quantitative estimate of drug-likeness (QED) is 0.853. The Bertz CT molecular complexity index is 407. The van der Waals surface area contributed by atoms with Crippen molar-refractivity contribution >= 4 is 5.91 Å². The highest BCUT2D eigenvalue weighted by Gasteiger charge is 2.27. The third-order valence-electron chi connectivity index (χ3n) is 3.71. The first-order valence-electron chi connectivity index (χ1n) is 7.44. The van der Waals surface area contributed by atoms with Crippen LogP contribution in [0.2, 0.25) is 0 Å². The molecule has 106 valence electrons. The molecule has 4 nitrogen and oxygen atoms in total. The summed E-state index contributed by atoms with van der Waals surface area (Å²) >= 11 is 0. The van der Waals surface area contributed by atoms with E-state index in [-0.39, 0.29) is 5.91 Å². The largest absolute Gasteiger partial charge is 0.344 e. The molecular formula is C15H25N3O. The Labute approximate surface area is 115 Å². The van der Waals surface area contributed by atoms with E-state index >= 15 is 0 Å². The third kappa shape index (κ3) is 3.18. The van der Waals surface area contributed by atoms with E-state index in [1.165, 1.54) is 0 Å². The topological polar surface area (TPSA) is 37.3 Å². The molecule has 2 heterocycles. The molecule has 4 heteroatoms. The van der Waals surface area contributed by atoms with Crippen molar-refractivity contribution in [2.45, 2.75) is 45.7 Å². The molecule has 0 bridgehead atoms. The molecule has 1 aliphatic rings. The summed E-state index contributed by atoms with van der Waals surface area (Å²) in [6, 6.07) is 4.28. The predicted molar refractivity (Wildman–Crippen MR) is 77.3 cm³/mol. The average molecular weight is 263 g/mol. The summed E-state index contributed by atoms with van der Waals surface area (Å²) in [5.41, 5.74) is 0.835. The van der Waals surface area contributed by atoms with Crippen LogP contribution in [0.25, 0.3) is 0 Å². The maximum atomic E-state index is 12.8. The van der Waals surface area contributed by atoms with E-state index in [4.69, 9.17) is 0 Å². The highest BCUT2D eigenvalue weighted by molar-refractivity contribution is 5.93. The number of hydrogen-bond acceptors (Lipinski definition) is 2. The molecule has 1 unspecified atom stereocenters. The lowest BCUT2D eigenvalue weighted by molar-refractivity contribution is 0.0681. The van der Waals surface area contributed by atoms with E-state index in [0.29, 0.717) is 6.04 Å². The van der Waals surface area contributed by atoms with E-state index in [2.05, 4.69) is 28.6 Å². The number of rotatable bonds is 6. The van der Waals surface area contributed by atoms with Gasteiger partial charge in [0.05, 0.1) is 0 Å². The van der Waals surface area contributed by atoms with Gasteiger partial charge in [-0.15, -0.1) is 0 Å². The molecule has 1 aliphatic heterocycles. The van der Waals surface area contributed by atoms with Crippen molar-refractivity contribution < 1.29 is 4.79 Å². The van der Waals surface area contributed by atoms with Crippen LogP contribution in [-0.2, 0) is 6.54 Å². The summed E-state index contributed by atoms with van der Waals surface area (Å²) in [5.74, 6) is 0.189. The number of aromatic nitrogens is 1. The maximum absolute atomic E-state index is 12.8. The molecule has 1 N–H and O–H groups in total. The lowest BCUT2D eigenvalue weighted by Gasteiger charge is -2.28. The summed E-state index contributed by atoms with van der Waals surface area (Å²) < 4.78 is 2.08. The van der Waals surface area contributed by atoms with Gasteiger partial charge in [0.25, 0.3) is 5.91 Å². The van der Waals surface area contributed by atoms with Crippen LogP contribution >= 0.6 is 0 Å². The number of carbonyl (C=O) groups excluding carboxylic acids is 1. The number of nitrogens with one attached hydrogen (secondary N) is 1. The Hall–Kier alpha value is -1.29. The van der Waals surface area contributed by atoms with Gasteiger partial charge in [-0.1, -0.05) is 13.8 Å². The van der Waals surface area contributed by atoms with Crippen molar-refractivity contribution in [3.8, 4) is 0 Å². The average Bonchev–Trinajstić information content (AvgIpc) is 3.06. The van der Waals surface area contributed by atoms with Gasteiger partial charge in [-0.25, -0.2) is 0 Å². The van der Waals surface area contributed by atoms with E-state index in [9.17, 15) is 4.79 Å². The van der Waals surface area contributed by atoms with Crippen LogP contribution < -0.4 is 5.32 Å². The first kappa shape index (κ1) is 14.1. The van der Waals surface area contributed by atoms with Crippen LogP contribution in [0.5, 0.6) is 0 Å². The molecule has 1 atom stereocenters. The molecule has 0 aromatic carbocycles. The van der Waals surface area contributed by atoms with Crippen LogP contribution in [0.3, 0.4) is 0 Å². The molecule has 0 spiro atoms. The fourth-order valence-corrected chi connectivity index (χ4v) is 2.79. The lowest BCUT2D eigenvalue weighted by Crippen LogP contribution is -2.42. The second kappa shape index (κ2) is 6.75. The zero-order valence-electron chi connectivity index (χ0n) is 12.1. The van der Waals surface area contributed by atoms with Crippen molar-refractivity contribution in [3.63, 3.8) is 0 Å². The zero-order chi connectivity index (χ0) is 13.7. The number of hydrogen-bond donors (Lipinski definition) is 1.